The first-order valence-corrected chi connectivity index (χ1v) is 17.0. The van der Waals surface area contributed by atoms with Gasteiger partial charge in [-0.25, -0.2) is 0 Å². The summed E-state index contributed by atoms with van der Waals surface area (Å²) in [5.41, 5.74) is 13.4. The molecule has 0 saturated heterocycles. The Hall–Kier alpha value is -6.12. The summed E-state index contributed by atoms with van der Waals surface area (Å²) in [6, 6.07) is 63.7. The van der Waals surface area contributed by atoms with Crippen molar-refractivity contribution in [2.24, 2.45) is 0 Å². The van der Waals surface area contributed by atoms with Crippen LogP contribution in [-0.2, 0) is 5.41 Å². The Morgan fingerprint density at radius 2 is 1.02 bits per heavy atom. The van der Waals surface area contributed by atoms with Crippen LogP contribution in [0.15, 0.2) is 176 Å². The lowest BCUT2D eigenvalue weighted by atomic mass is 9.82. The highest BCUT2D eigenvalue weighted by atomic mass is 15.1. The van der Waals surface area contributed by atoms with Crippen LogP contribution in [0.25, 0.3) is 43.8 Å². The molecule has 0 spiro atoms. The van der Waals surface area contributed by atoms with Gasteiger partial charge in [0.1, 0.15) is 0 Å². The molecule has 0 aromatic heterocycles. The van der Waals surface area contributed by atoms with Crippen LogP contribution in [0.4, 0.5) is 28.4 Å². The molecule has 0 radical (unpaired) electrons. The third-order valence-electron chi connectivity index (χ3n) is 10.2. The second-order valence-corrected chi connectivity index (χ2v) is 13.5. The zero-order valence-electron chi connectivity index (χ0n) is 27.7. The third-order valence-corrected chi connectivity index (χ3v) is 10.2. The molecule has 9 rings (SSSR count). The molecule has 0 aliphatic heterocycles. The van der Waals surface area contributed by atoms with E-state index in [-0.39, 0.29) is 5.41 Å². The third kappa shape index (κ3) is 4.96. The van der Waals surface area contributed by atoms with E-state index in [9.17, 15) is 0 Å². The van der Waals surface area contributed by atoms with E-state index < -0.39 is 0 Å². The minimum absolute atomic E-state index is 0.0785. The van der Waals surface area contributed by atoms with Crippen LogP contribution >= 0.6 is 0 Å². The SMILES string of the molecule is CC1(C)c2ccccc2-c2ccc(N(c3ccc(-c4ccc(Nc5cccc6ccccc56)cc4)cc3)c3cccc4ccccc34)cc21. The lowest BCUT2D eigenvalue weighted by Gasteiger charge is -2.29. The molecule has 0 unspecified atom stereocenters. The van der Waals surface area contributed by atoms with Gasteiger partial charge in [-0.2, -0.15) is 0 Å². The summed E-state index contributed by atoms with van der Waals surface area (Å²) >= 11 is 0. The summed E-state index contributed by atoms with van der Waals surface area (Å²) in [5.74, 6) is 0. The molecular weight excluding hydrogens is 593 g/mol. The van der Waals surface area contributed by atoms with E-state index in [0.717, 1.165) is 22.7 Å². The molecule has 0 bridgehead atoms. The zero-order valence-corrected chi connectivity index (χ0v) is 27.7. The van der Waals surface area contributed by atoms with Crippen molar-refractivity contribution in [1.82, 2.24) is 0 Å². The first-order valence-electron chi connectivity index (χ1n) is 17.0. The molecular formula is C47H36N2. The Morgan fingerprint density at radius 3 is 1.80 bits per heavy atom. The van der Waals surface area contributed by atoms with Crippen molar-refractivity contribution < 1.29 is 0 Å². The molecule has 2 heteroatoms. The molecule has 0 amide bonds. The molecule has 49 heavy (non-hydrogen) atoms. The number of nitrogens with zero attached hydrogens (tertiary/aromatic N) is 1. The molecule has 1 N–H and O–H groups in total. The van der Waals surface area contributed by atoms with Gasteiger partial charge in [0.05, 0.1) is 5.69 Å². The van der Waals surface area contributed by atoms with Gasteiger partial charge in [-0.05, 0) is 92.7 Å². The largest absolute Gasteiger partial charge is 0.355 e. The standard InChI is InChI=1S/C47H36N2/c1-47(2)43-18-8-7-17-41(43)42-30-29-38(31-44(42)47)49(46-20-10-14-35-12-4-6-16-40(35)46)37-27-23-33(24-28-37)32-21-25-36(26-22-32)48-45-19-9-13-34-11-3-5-15-39(34)45/h3-31,48H,1-2H3. The van der Waals surface area contributed by atoms with E-state index in [1.54, 1.807) is 0 Å². The van der Waals surface area contributed by atoms with E-state index in [1.807, 2.05) is 0 Å². The maximum atomic E-state index is 3.62. The van der Waals surface area contributed by atoms with Gasteiger partial charge in [-0.1, -0.05) is 141 Å². The highest BCUT2D eigenvalue weighted by Crippen LogP contribution is 2.51. The number of benzene rings is 8. The van der Waals surface area contributed by atoms with Crippen molar-refractivity contribution in [3.05, 3.63) is 187 Å². The minimum atomic E-state index is -0.0785. The Kier molecular flexibility index (Phi) is 6.84. The average molecular weight is 629 g/mol. The van der Waals surface area contributed by atoms with Gasteiger partial charge in [0, 0.05) is 38.9 Å². The van der Waals surface area contributed by atoms with Crippen LogP contribution < -0.4 is 10.2 Å². The molecule has 1 aliphatic rings. The predicted octanol–water partition coefficient (Wildman–Crippen LogP) is 13.2. The fourth-order valence-corrected chi connectivity index (χ4v) is 7.70. The van der Waals surface area contributed by atoms with Gasteiger partial charge in [0.25, 0.3) is 0 Å². The molecule has 8 aromatic rings. The summed E-state index contributed by atoms with van der Waals surface area (Å²) < 4.78 is 0. The maximum Gasteiger partial charge on any atom is 0.0540 e. The second kappa shape index (κ2) is 11.5. The number of hydrogen-bond acceptors (Lipinski definition) is 2. The maximum absolute atomic E-state index is 3.62. The number of rotatable bonds is 6. The highest BCUT2D eigenvalue weighted by Gasteiger charge is 2.35. The van der Waals surface area contributed by atoms with Gasteiger partial charge >= 0.3 is 0 Å². The lowest BCUT2D eigenvalue weighted by molar-refractivity contribution is 0.660. The van der Waals surface area contributed by atoms with Crippen LogP contribution in [0.3, 0.4) is 0 Å². The number of anilines is 5. The van der Waals surface area contributed by atoms with Crippen LogP contribution in [0.2, 0.25) is 0 Å². The summed E-state index contributed by atoms with van der Waals surface area (Å²) in [5, 5.41) is 8.53. The molecule has 1 aliphatic carbocycles. The first kappa shape index (κ1) is 29.1. The van der Waals surface area contributed by atoms with Gasteiger partial charge in [0.2, 0.25) is 0 Å². The molecule has 0 heterocycles. The highest BCUT2D eigenvalue weighted by molar-refractivity contribution is 6.00. The van der Waals surface area contributed by atoms with E-state index in [0.29, 0.717) is 0 Å². The van der Waals surface area contributed by atoms with Crippen molar-refractivity contribution in [3.8, 4) is 22.3 Å². The Bertz CT molecular complexity index is 2480. The zero-order chi connectivity index (χ0) is 33.0. The Balaban J connectivity index is 1.08. The number of hydrogen-bond donors (Lipinski definition) is 1. The summed E-state index contributed by atoms with van der Waals surface area (Å²) in [4.78, 5) is 2.42. The van der Waals surface area contributed by atoms with Crippen LogP contribution in [-0.4, -0.2) is 0 Å². The number of nitrogens with one attached hydrogen (secondary N) is 1. The van der Waals surface area contributed by atoms with Crippen molar-refractivity contribution >= 4 is 50.0 Å². The van der Waals surface area contributed by atoms with Gasteiger partial charge in [-0.3, -0.25) is 0 Å². The van der Waals surface area contributed by atoms with Crippen molar-refractivity contribution in [2.45, 2.75) is 19.3 Å². The Morgan fingerprint density at radius 1 is 0.449 bits per heavy atom. The quantitative estimate of drug-likeness (QED) is 0.197. The topological polar surface area (TPSA) is 15.3 Å². The summed E-state index contributed by atoms with van der Waals surface area (Å²) in [7, 11) is 0. The van der Waals surface area contributed by atoms with Crippen LogP contribution in [0.5, 0.6) is 0 Å². The van der Waals surface area contributed by atoms with E-state index in [2.05, 4.69) is 200 Å². The van der Waals surface area contributed by atoms with E-state index in [4.69, 9.17) is 0 Å². The van der Waals surface area contributed by atoms with Crippen molar-refractivity contribution in [2.75, 3.05) is 10.2 Å². The molecule has 234 valence electrons. The first-order chi connectivity index (χ1) is 24.0. The van der Waals surface area contributed by atoms with Crippen molar-refractivity contribution in [1.29, 1.82) is 0 Å². The van der Waals surface area contributed by atoms with E-state index >= 15 is 0 Å². The van der Waals surface area contributed by atoms with Crippen molar-refractivity contribution in [3.63, 3.8) is 0 Å². The smallest absolute Gasteiger partial charge is 0.0540 e. The number of fused-ring (bicyclic) bond motifs is 5. The minimum Gasteiger partial charge on any atom is -0.355 e. The molecule has 8 aromatic carbocycles. The molecule has 0 atom stereocenters. The second-order valence-electron chi connectivity index (χ2n) is 13.5. The molecule has 2 nitrogen and oxygen atoms in total. The van der Waals surface area contributed by atoms with Gasteiger partial charge in [-0.15, -0.1) is 0 Å². The monoisotopic (exact) mass is 628 g/mol. The van der Waals surface area contributed by atoms with Gasteiger partial charge < -0.3 is 10.2 Å². The van der Waals surface area contributed by atoms with Crippen LogP contribution in [0, 0.1) is 0 Å². The predicted molar refractivity (Wildman–Crippen MR) is 209 cm³/mol. The van der Waals surface area contributed by atoms with E-state index in [1.165, 1.54) is 60.6 Å². The Labute approximate surface area is 287 Å². The average Bonchev–Trinajstić information content (AvgIpc) is 3.38. The summed E-state index contributed by atoms with van der Waals surface area (Å²) in [6.45, 7) is 4.70. The van der Waals surface area contributed by atoms with Gasteiger partial charge in [0.15, 0.2) is 0 Å². The lowest BCUT2D eigenvalue weighted by Crippen LogP contribution is -2.16. The fraction of sp³-hybridized carbons (Fsp3) is 0.0638. The molecule has 0 saturated carbocycles. The normalized spacial score (nSPS) is 12.9. The van der Waals surface area contributed by atoms with Crippen LogP contribution in [0.1, 0.15) is 25.0 Å². The fourth-order valence-electron chi connectivity index (χ4n) is 7.70. The summed E-state index contributed by atoms with van der Waals surface area (Å²) in [6.07, 6.45) is 0. The molecule has 0 fully saturated rings.